The zero-order valence-corrected chi connectivity index (χ0v) is 33.5. The van der Waals surface area contributed by atoms with Gasteiger partial charge in [0.25, 0.3) is 0 Å². The first-order chi connectivity index (χ1) is 29.2. The third-order valence-electron chi connectivity index (χ3n) is 10.7. The molecule has 0 aliphatic heterocycles. The lowest BCUT2D eigenvalue weighted by molar-refractivity contribution is -0.126. The van der Waals surface area contributed by atoms with Crippen molar-refractivity contribution in [2.75, 3.05) is 13.1 Å². The van der Waals surface area contributed by atoms with Gasteiger partial charge in [-0.05, 0) is 46.2 Å². The van der Waals surface area contributed by atoms with Gasteiger partial charge in [0.1, 0.15) is 11.1 Å². The summed E-state index contributed by atoms with van der Waals surface area (Å²) >= 11 is 0. The molecule has 0 heterocycles. The molecule has 8 N–H and O–H groups in total. The summed E-state index contributed by atoms with van der Waals surface area (Å²) in [4.78, 5) is 53.2. The largest absolute Gasteiger partial charge is 0.353 e. The second-order valence-electron chi connectivity index (χ2n) is 14.7. The number of rotatable bonds is 19. The number of carbonyl (C=O) groups is 4. The van der Waals surface area contributed by atoms with Crippen LogP contribution in [0.2, 0.25) is 0 Å². The van der Waals surface area contributed by atoms with Crippen molar-refractivity contribution in [1.29, 1.82) is 0 Å². The van der Waals surface area contributed by atoms with Gasteiger partial charge in [0.2, 0.25) is 23.6 Å². The molecule has 0 saturated carbocycles. The first kappa shape index (κ1) is 42.7. The lowest BCUT2D eigenvalue weighted by Crippen LogP contribution is -2.49. The zero-order chi connectivity index (χ0) is 42.2. The third-order valence-corrected chi connectivity index (χ3v) is 10.7. The SMILES string of the molecule is N[C@@H](CCC(=O)NC(c1ccccc1)(c1ccccc1)c1ccccc1)C(=O)NCCNC(=O)[C@@H](N)CCC(=O)NC(c1ccccc1)(c1ccccc1)c1ccccc1. The molecule has 10 nitrogen and oxygen atoms in total. The van der Waals surface area contributed by atoms with Gasteiger partial charge in [0.05, 0.1) is 12.1 Å². The van der Waals surface area contributed by atoms with E-state index in [4.69, 9.17) is 11.5 Å². The molecule has 0 aliphatic carbocycles. The average Bonchev–Trinajstić information content (AvgIpc) is 3.31. The maximum absolute atomic E-state index is 13.7. The van der Waals surface area contributed by atoms with Gasteiger partial charge in [-0.2, -0.15) is 0 Å². The van der Waals surface area contributed by atoms with E-state index in [1.807, 2.05) is 182 Å². The summed E-state index contributed by atoms with van der Waals surface area (Å²) in [6.07, 6.45) is 0.216. The fourth-order valence-electron chi connectivity index (χ4n) is 7.57. The van der Waals surface area contributed by atoms with Gasteiger partial charge < -0.3 is 32.7 Å². The number of nitrogens with two attached hydrogens (primary N) is 2. The highest BCUT2D eigenvalue weighted by Crippen LogP contribution is 2.38. The first-order valence-electron chi connectivity index (χ1n) is 20.3. The normalized spacial score (nSPS) is 12.4. The second kappa shape index (κ2) is 20.7. The fraction of sp³-hybridized carbons (Fsp3) is 0.200. The minimum atomic E-state index is -0.979. The van der Waals surface area contributed by atoms with Crippen molar-refractivity contribution in [3.8, 4) is 0 Å². The molecule has 0 unspecified atom stereocenters. The number of hydrogen-bond donors (Lipinski definition) is 6. The van der Waals surface area contributed by atoms with E-state index in [0.29, 0.717) is 0 Å². The maximum atomic E-state index is 13.7. The van der Waals surface area contributed by atoms with E-state index in [1.54, 1.807) is 0 Å². The Kier molecular flexibility index (Phi) is 14.7. The molecule has 306 valence electrons. The van der Waals surface area contributed by atoms with E-state index in [0.717, 1.165) is 33.4 Å². The Balaban J connectivity index is 0.988. The highest BCUT2D eigenvalue weighted by Gasteiger charge is 2.39. The standard InChI is InChI=1S/C50H52N6O4/c51-43(31-33-45(57)55-49(37-19-7-1-8-20-37,38-21-9-2-10-22-38)39-23-11-3-12-24-39)47(59)53-35-36-54-48(60)44(52)32-34-46(58)56-50(40-25-13-4-14-26-40,41-27-15-5-16-28-41)42-29-17-6-18-30-42/h1-30,43-44H,31-36,51-52H2,(H,53,59)(H,54,60)(H,55,57)(H,56,58)/t43-,44-/m0/s1. The van der Waals surface area contributed by atoms with Crippen LogP contribution in [0.3, 0.4) is 0 Å². The van der Waals surface area contributed by atoms with Crippen LogP contribution in [-0.4, -0.2) is 48.8 Å². The van der Waals surface area contributed by atoms with E-state index in [-0.39, 0.29) is 50.6 Å². The number of carbonyl (C=O) groups excluding carboxylic acids is 4. The summed E-state index contributed by atoms with van der Waals surface area (Å²) in [5, 5.41) is 12.0. The lowest BCUT2D eigenvalue weighted by atomic mass is 9.77. The molecule has 6 aromatic rings. The Morgan fingerprint density at radius 2 is 0.600 bits per heavy atom. The van der Waals surface area contributed by atoms with E-state index >= 15 is 0 Å². The fourth-order valence-corrected chi connectivity index (χ4v) is 7.57. The Morgan fingerprint density at radius 3 is 0.817 bits per heavy atom. The molecule has 0 spiro atoms. The average molecular weight is 801 g/mol. The predicted molar refractivity (Wildman–Crippen MR) is 235 cm³/mol. The topological polar surface area (TPSA) is 168 Å². The van der Waals surface area contributed by atoms with Crippen molar-refractivity contribution in [2.24, 2.45) is 11.5 Å². The highest BCUT2D eigenvalue weighted by atomic mass is 16.2. The molecule has 0 aliphatic rings. The summed E-state index contributed by atoms with van der Waals surface area (Å²) in [5.74, 6) is -1.43. The Bertz CT molecular complexity index is 1920. The number of nitrogens with one attached hydrogen (secondary N) is 4. The van der Waals surface area contributed by atoms with Crippen LogP contribution in [0.15, 0.2) is 182 Å². The Hall–Kier alpha value is -6.88. The Labute approximate surface area is 351 Å². The van der Waals surface area contributed by atoms with Crippen molar-refractivity contribution in [3.05, 3.63) is 215 Å². The first-order valence-corrected chi connectivity index (χ1v) is 20.3. The van der Waals surface area contributed by atoms with Gasteiger partial charge in [0.15, 0.2) is 0 Å². The van der Waals surface area contributed by atoms with Crippen molar-refractivity contribution >= 4 is 23.6 Å². The van der Waals surface area contributed by atoms with Crippen LogP contribution in [0.25, 0.3) is 0 Å². The van der Waals surface area contributed by atoms with Crippen molar-refractivity contribution < 1.29 is 19.2 Å². The van der Waals surface area contributed by atoms with Gasteiger partial charge in [-0.15, -0.1) is 0 Å². The predicted octanol–water partition coefficient (Wildman–Crippen LogP) is 5.65. The van der Waals surface area contributed by atoms with E-state index in [1.165, 1.54) is 0 Å². The van der Waals surface area contributed by atoms with Crippen LogP contribution in [0.4, 0.5) is 0 Å². The van der Waals surface area contributed by atoms with Crippen molar-refractivity contribution in [1.82, 2.24) is 21.3 Å². The molecule has 0 aromatic heterocycles. The minimum Gasteiger partial charge on any atom is -0.353 e. The zero-order valence-electron chi connectivity index (χ0n) is 33.5. The number of benzene rings is 6. The van der Waals surface area contributed by atoms with Crippen LogP contribution in [0, 0.1) is 0 Å². The van der Waals surface area contributed by atoms with Gasteiger partial charge >= 0.3 is 0 Å². The second-order valence-corrected chi connectivity index (χ2v) is 14.7. The molecule has 2 atom stereocenters. The molecule has 0 radical (unpaired) electrons. The molecule has 0 fully saturated rings. The molecule has 0 bridgehead atoms. The van der Waals surface area contributed by atoms with Crippen LogP contribution in [-0.2, 0) is 30.3 Å². The number of amides is 4. The summed E-state index contributed by atoms with van der Waals surface area (Å²) in [6, 6.07) is 56.7. The van der Waals surface area contributed by atoms with Crippen LogP contribution < -0.4 is 32.7 Å². The van der Waals surface area contributed by atoms with Gasteiger partial charge in [-0.25, -0.2) is 0 Å². The highest BCUT2D eigenvalue weighted by molar-refractivity contribution is 5.85. The van der Waals surface area contributed by atoms with Crippen LogP contribution in [0.1, 0.15) is 59.1 Å². The molecule has 60 heavy (non-hydrogen) atoms. The molecule has 10 heteroatoms. The minimum absolute atomic E-state index is 0.00513. The molecule has 0 saturated heterocycles. The van der Waals surface area contributed by atoms with Crippen LogP contribution in [0.5, 0.6) is 0 Å². The number of hydrogen-bond acceptors (Lipinski definition) is 6. The van der Waals surface area contributed by atoms with Crippen LogP contribution >= 0.6 is 0 Å². The maximum Gasteiger partial charge on any atom is 0.236 e. The smallest absolute Gasteiger partial charge is 0.236 e. The van der Waals surface area contributed by atoms with Gasteiger partial charge in [0, 0.05) is 25.9 Å². The summed E-state index contributed by atoms with van der Waals surface area (Å²) in [7, 11) is 0. The van der Waals surface area contributed by atoms with E-state index in [2.05, 4.69) is 21.3 Å². The van der Waals surface area contributed by atoms with Crippen molar-refractivity contribution in [2.45, 2.75) is 48.8 Å². The molecule has 6 rings (SSSR count). The molecule has 6 aromatic carbocycles. The summed E-state index contributed by atoms with van der Waals surface area (Å²) in [5.41, 5.74) is 15.8. The van der Waals surface area contributed by atoms with E-state index < -0.39 is 35.0 Å². The summed E-state index contributed by atoms with van der Waals surface area (Å²) in [6.45, 7) is 0.203. The molecular weight excluding hydrogens is 749 g/mol. The quantitative estimate of drug-likeness (QED) is 0.0458. The lowest BCUT2D eigenvalue weighted by Gasteiger charge is -2.37. The Morgan fingerprint density at radius 1 is 0.383 bits per heavy atom. The van der Waals surface area contributed by atoms with Gasteiger partial charge in [-0.1, -0.05) is 182 Å². The third kappa shape index (κ3) is 10.2. The van der Waals surface area contributed by atoms with Crippen molar-refractivity contribution in [3.63, 3.8) is 0 Å². The van der Waals surface area contributed by atoms with E-state index in [9.17, 15) is 19.2 Å². The molecular formula is C50H52N6O4. The van der Waals surface area contributed by atoms with Gasteiger partial charge in [-0.3, -0.25) is 19.2 Å². The summed E-state index contributed by atoms with van der Waals surface area (Å²) < 4.78 is 0. The molecule has 4 amide bonds. The monoisotopic (exact) mass is 800 g/mol.